The molecule has 4 aromatic rings. The van der Waals surface area contributed by atoms with Crippen LogP contribution in [0, 0.1) is 21.4 Å². The maximum Gasteiger partial charge on any atom is 0.271 e. The van der Waals surface area contributed by atoms with Crippen molar-refractivity contribution in [3.05, 3.63) is 64.5 Å². The Morgan fingerprint density at radius 2 is 2.15 bits per heavy atom. The first-order valence-electron chi connectivity index (χ1n) is 12.5. The summed E-state index contributed by atoms with van der Waals surface area (Å²) in [6, 6.07) is 12.5. The Morgan fingerprint density at radius 3 is 2.87 bits per heavy atom. The Labute approximate surface area is 224 Å². The number of methoxy groups -OCH3 is 1. The molecule has 5 rings (SSSR count). The number of non-ortho nitro benzene ring substituents is 1. The van der Waals surface area contributed by atoms with Crippen LogP contribution in [0.5, 0.6) is 11.5 Å². The van der Waals surface area contributed by atoms with Crippen molar-refractivity contribution in [3.63, 3.8) is 0 Å². The molecule has 1 atom stereocenters. The summed E-state index contributed by atoms with van der Waals surface area (Å²) < 4.78 is 12.8. The van der Waals surface area contributed by atoms with E-state index in [1.54, 1.807) is 6.20 Å². The molecule has 2 aromatic carbocycles. The number of rotatable bonds is 9. The molecule has 39 heavy (non-hydrogen) atoms. The van der Waals surface area contributed by atoms with Gasteiger partial charge >= 0.3 is 0 Å². The molecular weight excluding hydrogens is 500 g/mol. The summed E-state index contributed by atoms with van der Waals surface area (Å²) >= 11 is 0. The van der Waals surface area contributed by atoms with E-state index in [9.17, 15) is 15.4 Å². The van der Waals surface area contributed by atoms with Crippen molar-refractivity contribution >= 4 is 28.2 Å². The number of fused-ring (bicyclic) bond motifs is 1. The van der Waals surface area contributed by atoms with E-state index < -0.39 is 4.92 Å². The van der Waals surface area contributed by atoms with Crippen LogP contribution in [0.3, 0.4) is 0 Å². The molecule has 0 aliphatic carbocycles. The first kappa shape index (κ1) is 25.7. The van der Waals surface area contributed by atoms with Crippen molar-refractivity contribution in [2.75, 3.05) is 38.5 Å². The van der Waals surface area contributed by atoms with E-state index in [0.717, 1.165) is 23.9 Å². The third-order valence-corrected chi connectivity index (χ3v) is 7.00. The van der Waals surface area contributed by atoms with Crippen LogP contribution in [0.4, 0.5) is 17.3 Å². The van der Waals surface area contributed by atoms with Gasteiger partial charge in [0.15, 0.2) is 0 Å². The summed E-state index contributed by atoms with van der Waals surface area (Å²) in [4.78, 5) is 21.9. The smallest absolute Gasteiger partial charge is 0.271 e. The Balaban J connectivity index is 1.43. The maximum absolute atomic E-state index is 11.3. The molecule has 0 saturated carbocycles. The number of anilines is 2. The van der Waals surface area contributed by atoms with E-state index in [4.69, 9.17) is 15.3 Å². The molecule has 1 saturated heterocycles. The highest BCUT2D eigenvalue weighted by molar-refractivity contribution is 5.97. The van der Waals surface area contributed by atoms with Gasteiger partial charge in [0.2, 0.25) is 5.95 Å². The second-order valence-electron chi connectivity index (χ2n) is 9.38. The quantitative estimate of drug-likeness (QED) is 0.183. The van der Waals surface area contributed by atoms with Crippen LogP contribution >= 0.6 is 0 Å². The lowest BCUT2D eigenvalue weighted by Gasteiger charge is -2.19. The maximum atomic E-state index is 11.3. The Morgan fingerprint density at radius 1 is 1.31 bits per heavy atom. The van der Waals surface area contributed by atoms with Crippen LogP contribution < -0.4 is 20.6 Å². The SMILES string of the molecule is COc1ccc([N+](=O)[O-])cc1Nc1ncc(C#N)c(-c2cn(N)c3cc(OCCC4CCCN4C)ccc23)n1. The Bertz CT molecular complexity index is 1580. The summed E-state index contributed by atoms with van der Waals surface area (Å²) in [6.45, 7) is 1.74. The van der Waals surface area contributed by atoms with Gasteiger partial charge < -0.3 is 25.5 Å². The molecular formula is C27H28N8O4. The molecule has 12 heteroatoms. The highest BCUT2D eigenvalue weighted by Gasteiger charge is 2.21. The predicted molar refractivity (Wildman–Crippen MR) is 147 cm³/mol. The molecule has 1 unspecified atom stereocenters. The Hall–Kier alpha value is -4.89. The molecule has 3 heterocycles. The fourth-order valence-corrected chi connectivity index (χ4v) is 4.92. The highest BCUT2D eigenvalue weighted by Crippen LogP contribution is 2.35. The number of nitro groups is 1. The number of nitriles is 1. The number of nitrogen functional groups attached to an aromatic ring is 1. The van der Waals surface area contributed by atoms with Crippen molar-refractivity contribution in [2.45, 2.75) is 25.3 Å². The fraction of sp³-hybridized carbons (Fsp3) is 0.296. The van der Waals surface area contributed by atoms with Crippen LogP contribution in [0.25, 0.3) is 22.2 Å². The van der Waals surface area contributed by atoms with Crippen molar-refractivity contribution in [1.29, 1.82) is 5.26 Å². The van der Waals surface area contributed by atoms with Gasteiger partial charge in [0, 0.05) is 41.4 Å². The average Bonchev–Trinajstić information content (AvgIpc) is 3.50. The van der Waals surface area contributed by atoms with E-state index in [2.05, 4.69) is 33.3 Å². The second kappa shape index (κ2) is 10.8. The van der Waals surface area contributed by atoms with Gasteiger partial charge in [0.1, 0.15) is 17.6 Å². The fourth-order valence-electron chi connectivity index (χ4n) is 4.92. The number of likely N-dealkylation sites (tertiary alicyclic amines) is 1. The average molecular weight is 529 g/mol. The van der Waals surface area contributed by atoms with Crippen LogP contribution in [0.2, 0.25) is 0 Å². The third-order valence-electron chi connectivity index (χ3n) is 7.00. The van der Waals surface area contributed by atoms with Gasteiger partial charge in [-0.1, -0.05) is 0 Å². The van der Waals surface area contributed by atoms with Gasteiger partial charge in [-0.15, -0.1) is 0 Å². The number of ether oxygens (including phenoxy) is 2. The summed E-state index contributed by atoms with van der Waals surface area (Å²) in [6.07, 6.45) is 6.47. The number of benzene rings is 2. The molecule has 0 amide bonds. The minimum absolute atomic E-state index is 0.119. The number of hydrogen-bond acceptors (Lipinski definition) is 10. The van der Waals surface area contributed by atoms with Crippen molar-refractivity contribution < 1.29 is 14.4 Å². The topological polar surface area (TPSA) is 157 Å². The molecule has 1 fully saturated rings. The minimum atomic E-state index is -0.503. The zero-order chi connectivity index (χ0) is 27.5. The zero-order valence-corrected chi connectivity index (χ0v) is 21.6. The van der Waals surface area contributed by atoms with Crippen LogP contribution in [-0.4, -0.2) is 57.8 Å². The minimum Gasteiger partial charge on any atom is -0.495 e. The van der Waals surface area contributed by atoms with Crippen LogP contribution in [0.15, 0.2) is 48.8 Å². The van der Waals surface area contributed by atoms with Gasteiger partial charge in [0.05, 0.1) is 47.3 Å². The summed E-state index contributed by atoms with van der Waals surface area (Å²) in [7, 11) is 3.61. The standard InChI is InChI=1S/C27H28N8O4/c1-33-10-3-4-18(33)9-11-39-20-6-7-21-22(16-34(29)24(21)13-20)26-17(14-28)15-30-27(32-26)31-23-12-19(35(36)37)5-8-25(23)38-2/h5-8,12-13,15-16,18H,3-4,9-11,29H2,1-2H3,(H,30,31,32). The van der Waals surface area contributed by atoms with Gasteiger partial charge in [-0.05, 0) is 51.1 Å². The third kappa shape index (κ3) is 5.25. The molecule has 200 valence electrons. The second-order valence-corrected chi connectivity index (χ2v) is 9.38. The number of nitrogens with zero attached hydrogens (tertiary/aromatic N) is 6. The molecule has 0 bridgehead atoms. The molecule has 0 radical (unpaired) electrons. The molecule has 0 spiro atoms. The largest absolute Gasteiger partial charge is 0.495 e. The van der Waals surface area contributed by atoms with E-state index in [1.165, 1.54) is 49.0 Å². The number of hydrogen-bond donors (Lipinski definition) is 2. The number of nitrogens with two attached hydrogens (primary N) is 1. The molecule has 1 aliphatic rings. The van der Waals surface area contributed by atoms with E-state index >= 15 is 0 Å². The number of nitro benzene ring substituents is 1. The zero-order valence-electron chi connectivity index (χ0n) is 21.6. The lowest BCUT2D eigenvalue weighted by atomic mass is 10.1. The number of nitrogens with one attached hydrogen (secondary N) is 1. The summed E-state index contributed by atoms with van der Waals surface area (Å²) in [5.41, 5.74) is 2.17. The normalized spacial score (nSPS) is 15.3. The number of aromatic nitrogens is 3. The highest BCUT2D eigenvalue weighted by atomic mass is 16.6. The molecule has 2 aromatic heterocycles. The van der Waals surface area contributed by atoms with E-state index in [1.807, 2.05) is 18.2 Å². The monoisotopic (exact) mass is 528 g/mol. The molecule has 1 aliphatic heterocycles. The molecule has 3 N–H and O–H groups in total. The van der Waals surface area contributed by atoms with Crippen LogP contribution in [0.1, 0.15) is 24.8 Å². The molecule has 12 nitrogen and oxygen atoms in total. The van der Waals surface area contributed by atoms with Gasteiger partial charge in [0.25, 0.3) is 5.69 Å². The summed E-state index contributed by atoms with van der Waals surface area (Å²) in [5, 5.41) is 24.8. The van der Waals surface area contributed by atoms with Crippen LogP contribution in [-0.2, 0) is 0 Å². The van der Waals surface area contributed by atoms with Gasteiger partial charge in [-0.2, -0.15) is 5.26 Å². The van der Waals surface area contributed by atoms with Crippen molar-refractivity contribution in [2.24, 2.45) is 0 Å². The van der Waals surface area contributed by atoms with Crippen molar-refractivity contribution in [1.82, 2.24) is 19.5 Å². The first-order chi connectivity index (χ1) is 18.9. The van der Waals surface area contributed by atoms with Crippen molar-refractivity contribution in [3.8, 4) is 28.8 Å². The lowest BCUT2D eigenvalue weighted by molar-refractivity contribution is -0.384. The summed E-state index contributed by atoms with van der Waals surface area (Å²) in [5.74, 6) is 7.52. The lowest BCUT2D eigenvalue weighted by Crippen LogP contribution is -2.26. The Kier molecular flexibility index (Phi) is 7.16. The predicted octanol–water partition coefficient (Wildman–Crippen LogP) is 4.21. The van der Waals surface area contributed by atoms with E-state index in [0.29, 0.717) is 41.1 Å². The first-order valence-corrected chi connectivity index (χ1v) is 12.5. The van der Waals surface area contributed by atoms with Gasteiger partial charge in [-0.25, -0.2) is 9.97 Å². The van der Waals surface area contributed by atoms with E-state index in [-0.39, 0.29) is 17.2 Å². The van der Waals surface area contributed by atoms with Gasteiger partial charge in [-0.3, -0.25) is 14.8 Å².